The van der Waals surface area contributed by atoms with Crippen molar-refractivity contribution >= 4 is 33.0 Å². The molecular weight excluding hydrogens is 312 g/mol. The highest BCUT2D eigenvalue weighted by atomic mass is 79.9. The summed E-state index contributed by atoms with van der Waals surface area (Å²) in [7, 11) is 0. The van der Waals surface area contributed by atoms with Gasteiger partial charge in [0, 0.05) is 12.1 Å². The summed E-state index contributed by atoms with van der Waals surface area (Å²) in [5.41, 5.74) is 1.05. The molecule has 3 heterocycles. The number of fused-ring (bicyclic) bond motifs is 1. The van der Waals surface area contributed by atoms with Gasteiger partial charge in [-0.25, -0.2) is 4.98 Å². The van der Waals surface area contributed by atoms with Crippen molar-refractivity contribution in [2.24, 2.45) is 0 Å². The topological polar surface area (TPSA) is 43.1 Å². The smallest absolute Gasteiger partial charge is 0.220 e. The molecule has 0 bridgehead atoms. The molecule has 1 aliphatic carbocycles. The van der Waals surface area contributed by atoms with Crippen LogP contribution in [0.4, 0.5) is 0 Å². The number of hydrogen-bond donors (Lipinski definition) is 0. The van der Waals surface area contributed by atoms with Gasteiger partial charge in [-0.3, -0.25) is 0 Å². The monoisotopic (exact) mass is 320 g/mol. The summed E-state index contributed by atoms with van der Waals surface area (Å²) in [4.78, 5) is 9.96. The third-order valence-electron chi connectivity index (χ3n) is 3.03. The van der Waals surface area contributed by atoms with E-state index in [1.54, 1.807) is 17.5 Å². The molecule has 0 saturated heterocycles. The first-order valence-corrected chi connectivity index (χ1v) is 7.39. The fourth-order valence-corrected chi connectivity index (χ4v) is 3.36. The predicted octanol–water partition coefficient (Wildman–Crippen LogP) is 3.49. The predicted molar refractivity (Wildman–Crippen MR) is 73.8 cm³/mol. The second kappa shape index (κ2) is 3.86. The number of halogens is 1. The number of thiophene rings is 1. The molecule has 1 saturated carbocycles. The molecule has 0 spiro atoms. The quantitative estimate of drug-likeness (QED) is 0.726. The van der Waals surface area contributed by atoms with Crippen molar-refractivity contribution in [3.8, 4) is 10.6 Å². The Morgan fingerprint density at radius 3 is 2.89 bits per heavy atom. The summed E-state index contributed by atoms with van der Waals surface area (Å²) in [5, 5.41) is 4.59. The lowest BCUT2D eigenvalue weighted by Gasteiger charge is -1.99. The average Bonchev–Trinajstić information content (AvgIpc) is 2.99. The number of rotatable bonds is 2. The summed E-state index contributed by atoms with van der Waals surface area (Å²) >= 11 is 5.18. The van der Waals surface area contributed by atoms with Crippen molar-refractivity contribution in [1.82, 2.24) is 19.6 Å². The number of hydrogen-bond acceptors (Lipinski definition) is 4. The first-order valence-electron chi connectivity index (χ1n) is 5.78. The summed E-state index contributed by atoms with van der Waals surface area (Å²) < 4.78 is 2.97. The van der Waals surface area contributed by atoms with Gasteiger partial charge in [-0.2, -0.15) is 9.50 Å². The third-order valence-corrected chi connectivity index (χ3v) is 4.67. The van der Waals surface area contributed by atoms with Gasteiger partial charge < -0.3 is 0 Å². The van der Waals surface area contributed by atoms with Gasteiger partial charge in [-0.1, -0.05) is 0 Å². The van der Waals surface area contributed by atoms with Crippen LogP contribution in [0.25, 0.3) is 16.3 Å². The van der Waals surface area contributed by atoms with E-state index in [4.69, 9.17) is 0 Å². The van der Waals surface area contributed by atoms with Crippen molar-refractivity contribution in [3.63, 3.8) is 0 Å². The zero-order valence-electron chi connectivity index (χ0n) is 9.38. The summed E-state index contributed by atoms with van der Waals surface area (Å²) in [5.74, 6) is 2.18. The van der Waals surface area contributed by atoms with Crippen LogP contribution in [-0.4, -0.2) is 19.6 Å². The van der Waals surface area contributed by atoms with Crippen molar-refractivity contribution in [2.45, 2.75) is 18.8 Å². The van der Waals surface area contributed by atoms with Crippen LogP contribution in [0.15, 0.2) is 28.2 Å². The molecule has 0 N–H and O–H groups in total. The first kappa shape index (κ1) is 10.6. The van der Waals surface area contributed by atoms with E-state index >= 15 is 0 Å². The maximum atomic E-state index is 4.59. The van der Waals surface area contributed by atoms with Gasteiger partial charge in [-0.15, -0.1) is 16.4 Å². The molecule has 18 heavy (non-hydrogen) atoms. The molecule has 0 aromatic carbocycles. The molecule has 90 valence electrons. The van der Waals surface area contributed by atoms with Crippen LogP contribution in [0.1, 0.15) is 24.6 Å². The van der Waals surface area contributed by atoms with E-state index in [-0.39, 0.29) is 0 Å². The van der Waals surface area contributed by atoms with E-state index in [0.717, 1.165) is 15.3 Å². The first-order chi connectivity index (χ1) is 8.81. The molecule has 4 rings (SSSR count). The summed E-state index contributed by atoms with van der Waals surface area (Å²) in [6, 6.07) is 6.11. The Labute approximate surface area is 116 Å². The molecule has 3 aromatic rings. The third kappa shape index (κ3) is 1.67. The lowest BCUT2D eigenvalue weighted by molar-refractivity contribution is 0.879. The lowest BCUT2D eigenvalue weighted by atomic mass is 10.3. The Hall–Kier alpha value is -1.27. The molecule has 4 nitrogen and oxygen atoms in total. The highest BCUT2D eigenvalue weighted by Crippen LogP contribution is 2.38. The average molecular weight is 321 g/mol. The number of aromatic nitrogens is 4. The Morgan fingerprint density at radius 2 is 2.17 bits per heavy atom. The SMILES string of the molecule is Brc1ccc(-c2ccnc3nc(C4CC4)nn23)s1. The van der Waals surface area contributed by atoms with E-state index in [1.807, 2.05) is 16.6 Å². The standard InChI is InChI=1S/C12H9BrN4S/c13-10-4-3-9(18-10)8-5-6-14-12-15-11(7-1-2-7)16-17(8)12/h3-7H,1-2H2. The minimum absolute atomic E-state index is 0.551. The van der Waals surface area contributed by atoms with Crippen LogP contribution in [0, 0.1) is 0 Å². The lowest BCUT2D eigenvalue weighted by Crippen LogP contribution is -1.94. The molecule has 0 atom stereocenters. The van der Waals surface area contributed by atoms with Crippen molar-refractivity contribution < 1.29 is 0 Å². The molecule has 0 unspecified atom stereocenters. The van der Waals surface area contributed by atoms with Gasteiger partial charge in [0.1, 0.15) is 0 Å². The van der Waals surface area contributed by atoms with E-state index in [9.17, 15) is 0 Å². The minimum Gasteiger partial charge on any atom is -0.220 e. The Kier molecular flexibility index (Phi) is 2.28. The second-order valence-electron chi connectivity index (χ2n) is 4.39. The van der Waals surface area contributed by atoms with E-state index in [0.29, 0.717) is 11.7 Å². The maximum Gasteiger partial charge on any atom is 0.252 e. The van der Waals surface area contributed by atoms with Crippen molar-refractivity contribution in [3.05, 3.63) is 34.0 Å². The van der Waals surface area contributed by atoms with E-state index < -0.39 is 0 Å². The van der Waals surface area contributed by atoms with Gasteiger partial charge >= 0.3 is 0 Å². The van der Waals surface area contributed by atoms with Crippen molar-refractivity contribution in [1.29, 1.82) is 0 Å². The molecule has 1 fully saturated rings. The van der Waals surface area contributed by atoms with Gasteiger partial charge in [0.05, 0.1) is 14.4 Å². The number of nitrogens with zero attached hydrogens (tertiary/aromatic N) is 4. The zero-order valence-corrected chi connectivity index (χ0v) is 11.8. The summed E-state index contributed by atoms with van der Waals surface area (Å²) in [6.07, 6.45) is 4.21. The van der Waals surface area contributed by atoms with Gasteiger partial charge in [-0.05, 0) is 47.0 Å². The highest BCUT2D eigenvalue weighted by Gasteiger charge is 2.28. The van der Waals surface area contributed by atoms with Crippen LogP contribution >= 0.6 is 27.3 Å². The van der Waals surface area contributed by atoms with Gasteiger partial charge in [0.2, 0.25) is 0 Å². The fraction of sp³-hybridized carbons (Fsp3) is 0.250. The molecule has 0 amide bonds. The Morgan fingerprint density at radius 1 is 1.28 bits per heavy atom. The zero-order chi connectivity index (χ0) is 12.1. The van der Waals surface area contributed by atoms with Crippen LogP contribution < -0.4 is 0 Å². The van der Waals surface area contributed by atoms with Crippen LogP contribution in [-0.2, 0) is 0 Å². The van der Waals surface area contributed by atoms with Gasteiger partial charge in [0.25, 0.3) is 5.78 Å². The van der Waals surface area contributed by atoms with Crippen molar-refractivity contribution in [2.75, 3.05) is 0 Å². The molecule has 0 aliphatic heterocycles. The van der Waals surface area contributed by atoms with Crippen LogP contribution in [0.3, 0.4) is 0 Å². The maximum absolute atomic E-state index is 4.59. The van der Waals surface area contributed by atoms with Crippen LogP contribution in [0.2, 0.25) is 0 Å². The molecule has 0 radical (unpaired) electrons. The molecular formula is C12H9BrN4S. The highest BCUT2D eigenvalue weighted by molar-refractivity contribution is 9.11. The minimum atomic E-state index is 0.551. The Balaban J connectivity index is 1.93. The molecule has 3 aromatic heterocycles. The molecule has 6 heteroatoms. The molecule has 1 aliphatic rings. The van der Waals surface area contributed by atoms with Crippen LogP contribution in [0.5, 0.6) is 0 Å². The fourth-order valence-electron chi connectivity index (χ4n) is 1.96. The largest absolute Gasteiger partial charge is 0.252 e. The van der Waals surface area contributed by atoms with Gasteiger partial charge in [0.15, 0.2) is 5.82 Å². The second-order valence-corrected chi connectivity index (χ2v) is 6.85. The normalized spacial score (nSPS) is 15.4. The Bertz CT molecular complexity index is 729. The van der Waals surface area contributed by atoms with E-state index in [1.165, 1.54) is 17.7 Å². The van der Waals surface area contributed by atoms with E-state index in [2.05, 4.69) is 37.1 Å². The summed E-state index contributed by atoms with van der Waals surface area (Å²) in [6.45, 7) is 0.